The fraction of sp³-hybridized carbons (Fsp3) is 0.294. The van der Waals surface area contributed by atoms with E-state index in [1.807, 2.05) is 31.8 Å². The summed E-state index contributed by atoms with van der Waals surface area (Å²) in [5, 5.41) is 7.57. The number of aromatic nitrogens is 4. The maximum absolute atomic E-state index is 4.63. The highest BCUT2D eigenvalue weighted by atomic mass is 15.2. The highest BCUT2D eigenvalue weighted by Crippen LogP contribution is 2.26. The number of H-pyrrole nitrogens is 1. The fourth-order valence-corrected chi connectivity index (χ4v) is 2.93. The van der Waals surface area contributed by atoms with Gasteiger partial charge in [0, 0.05) is 74.2 Å². The average molecular weight is 308 g/mol. The molecule has 3 aromatic heterocycles. The van der Waals surface area contributed by atoms with Crippen LogP contribution in [0.2, 0.25) is 0 Å². The van der Waals surface area contributed by atoms with Crippen LogP contribution in [0.25, 0.3) is 22.4 Å². The van der Waals surface area contributed by atoms with E-state index in [0.29, 0.717) is 0 Å². The van der Waals surface area contributed by atoms with Gasteiger partial charge in [-0.15, -0.1) is 0 Å². The van der Waals surface area contributed by atoms with Crippen LogP contribution in [0.3, 0.4) is 0 Å². The Hall–Kier alpha value is -2.60. The molecule has 23 heavy (non-hydrogen) atoms. The summed E-state index contributed by atoms with van der Waals surface area (Å²) in [5.74, 6) is 1.05. The second-order valence-corrected chi connectivity index (χ2v) is 5.85. The quantitative estimate of drug-likeness (QED) is 0.775. The molecule has 1 saturated heterocycles. The zero-order valence-corrected chi connectivity index (χ0v) is 13.2. The minimum atomic E-state index is 1.02. The predicted octanol–water partition coefficient (Wildman–Crippen LogP) is 1.89. The minimum Gasteiger partial charge on any atom is -0.360 e. The van der Waals surface area contributed by atoms with Crippen molar-refractivity contribution < 1.29 is 0 Å². The van der Waals surface area contributed by atoms with Crippen LogP contribution < -0.4 is 10.2 Å². The number of rotatable bonds is 3. The maximum atomic E-state index is 4.63. The van der Waals surface area contributed by atoms with Gasteiger partial charge in [0.1, 0.15) is 5.82 Å². The van der Waals surface area contributed by atoms with Gasteiger partial charge in [-0.3, -0.25) is 4.68 Å². The van der Waals surface area contributed by atoms with Crippen molar-refractivity contribution in [2.24, 2.45) is 7.05 Å². The Morgan fingerprint density at radius 2 is 1.91 bits per heavy atom. The maximum Gasteiger partial charge on any atom is 0.128 e. The van der Waals surface area contributed by atoms with E-state index >= 15 is 0 Å². The SMILES string of the molecule is Cn1cc(-c2cc(-c3ccc(N4CCNCC4)nc3)c[nH]2)cn1. The first-order chi connectivity index (χ1) is 11.3. The largest absolute Gasteiger partial charge is 0.360 e. The standard InChI is InChI=1S/C17H20N6/c1-22-12-15(11-21-22)16-8-14(10-19-16)13-2-3-17(20-9-13)23-6-4-18-5-7-23/h2-3,8-12,18-19H,4-7H2,1H3. The van der Waals surface area contributed by atoms with Gasteiger partial charge in [0.15, 0.2) is 0 Å². The van der Waals surface area contributed by atoms with E-state index < -0.39 is 0 Å². The summed E-state index contributed by atoms with van der Waals surface area (Å²) in [6, 6.07) is 6.39. The number of anilines is 1. The first-order valence-corrected chi connectivity index (χ1v) is 7.89. The number of nitrogens with zero attached hydrogens (tertiary/aromatic N) is 4. The summed E-state index contributed by atoms with van der Waals surface area (Å²) in [7, 11) is 1.92. The highest BCUT2D eigenvalue weighted by Gasteiger charge is 2.12. The molecule has 0 aliphatic carbocycles. The molecule has 6 heteroatoms. The Morgan fingerprint density at radius 1 is 1.04 bits per heavy atom. The van der Waals surface area contributed by atoms with E-state index in [-0.39, 0.29) is 0 Å². The summed E-state index contributed by atoms with van der Waals surface area (Å²) in [6.07, 6.45) is 7.83. The van der Waals surface area contributed by atoms with E-state index in [2.05, 4.69) is 43.5 Å². The van der Waals surface area contributed by atoms with Gasteiger partial charge in [0.05, 0.1) is 6.20 Å². The van der Waals surface area contributed by atoms with Crippen molar-refractivity contribution in [3.63, 3.8) is 0 Å². The third kappa shape index (κ3) is 2.85. The van der Waals surface area contributed by atoms with E-state index in [0.717, 1.165) is 54.4 Å². The molecule has 0 atom stereocenters. The van der Waals surface area contributed by atoms with Crippen molar-refractivity contribution in [1.29, 1.82) is 0 Å². The molecule has 1 fully saturated rings. The lowest BCUT2D eigenvalue weighted by Gasteiger charge is -2.28. The van der Waals surface area contributed by atoms with Gasteiger partial charge in [-0.25, -0.2) is 4.98 Å². The van der Waals surface area contributed by atoms with Gasteiger partial charge < -0.3 is 15.2 Å². The molecular formula is C17H20N6. The molecule has 1 aliphatic rings. The van der Waals surface area contributed by atoms with Crippen molar-refractivity contribution >= 4 is 5.82 Å². The molecule has 0 amide bonds. The Kier molecular flexibility index (Phi) is 3.59. The Bertz CT molecular complexity index is 780. The summed E-state index contributed by atoms with van der Waals surface area (Å²) >= 11 is 0. The molecule has 0 aromatic carbocycles. The Balaban J connectivity index is 1.55. The molecule has 0 spiro atoms. The van der Waals surface area contributed by atoms with Gasteiger partial charge in [-0.2, -0.15) is 5.10 Å². The predicted molar refractivity (Wildman–Crippen MR) is 91.3 cm³/mol. The van der Waals surface area contributed by atoms with Crippen LogP contribution in [0, 0.1) is 0 Å². The molecule has 0 bridgehead atoms. The van der Waals surface area contributed by atoms with Crippen LogP contribution in [0.1, 0.15) is 0 Å². The first kappa shape index (κ1) is 14.0. The zero-order valence-electron chi connectivity index (χ0n) is 13.2. The van der Waals surface area contributed by atoms with E-state index in [1.54, 1.807) is 4.68 Å². The monoisotopic (exact) mass is 308 g/mol. The minimum absolute atomic E-state index is 1.02. The molecule has 3 aromatic rings. The van der Waals surface area contributed by atoms with E-state index in [9.17, 15) is 0 Å². The van der Waals surface area contributed by atoms with E-state index in [1.165, 1.54) is 0 Å². The smallest absolute Gasteiger partial charge is 0.128 e. The third-order valence-corrected chi connectivity index (χ3v) is 4.22. The lowest BCUT2D eigenvalue weighted by atomic mass is 10.1. The number of aryl methyl sites for hydroxylation is 1. The summed E-state index contributed by atoms with van der Waals surface area (Å²) < 4.78 is 1.81. The average Bonchev–Trinajstić information content (AvgIpc) is 3.25. The van der Waals surface area contributed by atoms with Crippen LogP contribution in [-0.2, 0) is 7.05 Å². The van der Waals surface area contributed by atoms with Crippen LogP contribution in [0.4, 0.5) is 5.82 Å². The van der Waals surface area contributed by atoms with Crippen molar-refractivity contribution in [1.82, 2.24) is 25.1 Å². The molecule has 4 heterocycles. The number of pyridine rings is 1. The van der Waals surface area contributed by atoms with Crippen molar-refractivity contribution in [2.45, 2.75) is 0 Å². The van der Waals surface area contributed by atoms with Gasteiger partial charge in [0.2, 0.25) is 0 Å². The number of nitrogens with one attached hydrogen (secondary N) is 2. The number of hydrogen-bond acceptors (Lipinski definition) is 4. The van der Waals surface area contributed by atoms with Crippen LogP contribution in [0.15, 0.2) is 43.0 Å². The fourth-order valence-electron chi connectivity index (χ4n) is 2.93. The Labute approximate surface area is 135 Å². The van der Waals surface area contributed by atoms with Crippen molar-refractivity contribution in [2.75, 3.05) is 31.1 Å². The second kappa shape index (κ2) is 5.89. The second-order valence-electron chi connectivity index (χ2n) is 5.85. The first-order valence-electron chi connectivity index (χ1n) is 7.89. The van der Waals surface area contributed by atoms with Crippen LogP contribution in [-0.4, -0.2) is 45.9 Å². The van der Waals surface area contributed by atoms with Gasteiger partial charge in [0.25, 0.3) is 0 Å². The summed E-state index contributed by atoms with van der Waals surface area (Å²) in [5.41, 5.74) is 4.42. The molecule has 0 unspecified atom stereocenters. The van der Waals surface area contributed by atoms with Crippen LogP contribution in [0.5, 0.6) is 0 Å². The normalized spacial score (nSPS) is 15.1. The summed E-state index contributed by atoms with van der Waals surface area (Å²) in [6.45, 7) is 4.08. The molecule has 0 saturated carbocycles. The number of hydrogen-bond donors (Lipinski definition) is 2. The molecule has 0 radical (unpaired) electrons. The van der Waals surface area contributed by atoms with Gasteiger partial charge in [-0.1, -0.05) is 0 Å². The molecule has 1 aliphatic heterocycles. The van der Waals surface area contributed by atoms with Crippen molar-refractivity contribution in [3.8, 4) is 22.4 Å². The van der Waals surface area contributed by atoms with E-state index in [4.69, 9.17) is 0 Å². The zero-order chi connectivity index (χ0) is 15.6. The summed E-state index contributed by atoms with van der Waals surface area (Å²) in [4.78, 5) is 10.3. The molecule has 6 nitrogen and oxygen atoms in total. The Morgan fingerprint density at radius 3 is 2.61 bits per heavy atom. The molecule has 118 valence electrons. The third-order valence-electron chi connectivity index (χ3n) is 4.22. The van der Waals surface area contributed by atoms with Crippen molar-refractivity contribution in [3.05, 3.63) is 43.0 Å². The number of piperazine rings is 1. The molecule has 4 rings (SSSR count). The lowest BCUT2D eigenvalue weighted by Crippen LogP contribution is -2.43. The molecular weight excluding hydrogens is 288 g/mol. The lowest BCUT2D eigenvalue weighted by molar-refractivity contribution is 0.585. The number of aromatic amines is 1. The highest BCUT2D eigenvalue weighted by molar-refractivity contribution is 5.71. The van der Waals surface area contributed by atoms with Crippen LogP contribution >= 0.6 is 0 Å². The van der Waals surface area contributed by atoms with Gasteiger partial charge in [-0.05, 0) is 18.2 Å². The molecule has 2 N–H and O–H groups in total. The van der Waals surface area contributed by atoms with Gasteiger partial charge >= 0.3 is 0 Å². The topological polar surface area (TPSA) is 61.8 Å².